The molecule has 0 spiro atoms. The Balaban J connectivity index is 2.62. The first-order valence-corrected chi connectivity index (χ1v) is 4.68. The number of rotatable bonds is 2. The number of aryl methyl sites for hydroxylation is 1. The highest BCUT2D eigenvalue weighted by Crippen LogP contribution is 2.21. The third kappa shape index (κ3) is 1.34. The van der Waals surface area contributed by atoms with E-state index in [1.54, 1.807) is 6.08 Å². The van der Waals surface area contributed by atoms with Gasteiger partial charge in [0.2, 0.25) is 0 Å². The van der Waals surface area contributed by atoms with Crippen molar-refractivity contribution in [3.05, 3.63) is 48.2 Å². The van der Waals surface area contributed by atoms with Crippen molar-refractivity contribution in [2.75, 3.05) is 0 Å². The first-order valence-electron chi connectivity index (χ1n) is 4.68. The van der Waals surface area contributed by atoms with Crippen molar-refractivity contribution >= 4 is 10.9 Å². The van der Waals surface area contributed by atoms with Crippen LogP contribution in [0.3, 0.4) is 0 Å². The largest absolute Gasteiger partial charge is 0.357 e. The van der Waals surface area contributed by atoms with E-state index in [1.165, 1.54) is 16.5 Å². The molecule has 2 heteroatoms. The Morgan fingerprint density at radius 1 is 1.50 bits per heavy atom. The molecule has 0 unspecified atom stereocenters. The van der Waals surface area contributed by atoms with E-state index in [2.05, 4.69) is 42.8 Å². The Bertz CT molecular complexity index is 468. The van der Waals surface area contributed by atoms with Gasteiger partial charge in [0.1, 0.15) is 0 Å². The fourth-order valence-corrected chi connectivity index (χ4v) is 1.64. The second-order valence-corrected chi connectivity index (χ2v) is 3.53. The predicted octanol–water partition coefficient (Wildman–Crippen LogP) is 2.66. The number of hydrogen-bond donors (Lipinski definition) is 2. The van der Waals surface area contributed by atoms with Crippen LogP contribution in [0.25, 0.3) is 10.9 Å². The van der Waals surface area contributed by atoms with E-state index in [-0.39, 0.29) is 6.04 Å². The van der Waals surface area contributed by atoms with Crippen LogP contribution in [0.4, 0.5) is 0 Å². The summed E-state index contributed by atoms with van der Waals surface area (Å²) in [5.74, 6) is 0. The lowest BCUT2D eigenvalue weighted by Gasteiger charge is -2.00. The Morgan fingerprint density at radius 3 is 2.93 bits per heavy atom. The van der Waals surface area contributed by atoms with Gasteiger partial charge < -0.3 is 10.7 Å². The van der Waals surface area contributed by atoms with Crippen molar-refractivity contribution in [2.24, 2.45) is 5.73 Å². The second-order valence-electron chi connectivity index (χ2n) is 3.53. The topological polar surface area (TPSA) is 41.8 Å². The molecule has 0 saturated heterocycles. The lowest BCUT2D eigenvalue weighted by Crippen LogP contribution is -2.06. The minimum atomic E-state index is -0.109. The Labute approximate surface area is 83.4 Å². The van der Waals surface area contributed by atoms with Gasteiger partial charge in [-0.1, -0.05) is 24.3 Å². The standard InChI is InChI=1S/C12H14N2/c1-3-10(13)11-7-9-6-4-5-8(2)12(9)14-11/h3-7,10,14H,1,13H2,2H3/t10-/m1/s1. The molecule has 1 atom stereocenters. The molecule has 3 N–H and O–H groups in total. The monoisotopic (exact) mass is 186 g/mol. The minimum absolute atomic E-state index is 0.109. The predicted molar refractivity (Wildman–Crippen MR) is 60.2 cm³/mol. The number of H-pyrrole nitrogens is 1. The fourth-order valence-electron chi connectivity index (χ4n) is 1.64. The third-order valence-electron chi connectivity index (χ3n) is 2.50. The molecule has 1 aromatic carbocycles. The maximum absolute atomic E-state index is 5.86. The van der Waals surface area contributed by atoms with Crippen molar-refractivity contribution in [3.8, 4) is 0 Å². The Hall–Kier alpha value is -1.54. The van der Waals surface area contributed by atoms with Gasteiger partial charge in [0.15, 0.2) is 0 Å². The van der Waals surface area contributed by atoms with E-state index < -0.39 is 0 Å². The van der Waals surface area contributed by atoms with Gasteiger partial charge in [0.05, 0.1) is 6.04 Å². The van der Waals surface area contributed by atoms with E-state index in [9.17, 15) is 0 Å². The van der Waals surface area contributed by atoms with Gasteiger partial charge in [-0.3, -0.25) is 0 Å². The summed E-state index contributed by atoms with van der Waals surface area (Å²) in [6.45, 7) is 5.77. The van der Waals surface area contributed by atoms with Crippen molar-refractivity contribution in [2.45, 2.75) is 13.0 Å². The van der Waals surface area contributed by atoms with Gasteiger partial charge in [0, 0.05) is 11.2 Å². The van der Waals surface area contributed by atoms with Crippen molar-refractivity contribution in [1.82, 2.24) is 4.98 Å². The number of hydrogen-bond acceptors (Lipinski definition) is 1. The summed E-state index contributed by atoms with van der Waals surface area (Å²) in [6.07, 6.45) is 1.74. The van der Waals surface area contributed by atoms with Crippen molar-refractivity contribution in [3.63, 3.8) is 0 Å². The van der Waals surface area contributed by atoms with Crippen LogP contribution in [0.1, 0.15) is 17.3 Å². The number of para-hydroxylation sites is 1. The Kier molecular flexibility index (Phi) is 2.14. The highest BCUT2D eigenvalue weighted by atomic mass is 14.8. The van der Waals surface area contributed by atoms with Gasteiger partial charge in [-0.25, -0.2) is 0 Å². The Morgan fingerprint density at radius 2 is 2.29 bits per heavy atom. The molecule has 14 heavy (non-hydrogen) atoms. The van der Waals surface area contributed by atoms with Gasteiger partial charge >= 0.3 is 0 Å². The van der Waals surface area contributed by atoms with E-state index >= 15 is 0 Å². The highest BCUT2D eigenvalue weighted by Gasteiger charge is 2.06. The fraction of sp³-hybridized carbons (Fsp3) is 0.167. The molecule has 2 nitrogen and oxygen atoms in total. The lowest BCUT2D eigenvalue weighted by molar-refractivity contribution is 0.880. The SMILES string of the molecule is C=C[C@@H](N)c1cc2cccc(C)c2[nH]1. The van der Waals surface area contributed by atoms with Gasteiger partial charge in [-0.05, 0) is 23.9 Å². The summed E-state index contributed by atoms with van der Waals surface area (Å²) >= 11 is 0. The van der Waals surface area contributed by atoms with Crippen LogP contribution in [0.5, 0.6) is 0 Å². The average Bonchev–Trinajstić information content (AvgIpc) is 2.62. The number of fused-ring (bicyclic) bond motifs is 1. The molecule has 2 rings (SSSR count). The second kappa shape index (κ2) is 3.31. The number of aromatic nitrogens is 1. The molecular formula is C12H14N2. The van der Waals surface area contributed by atoms with Crippen molar-refractivity contribution < 1.29 is 0 Å². The molecule has 1 heterocycles. The summed E-state index contributed by atoms with van der Waals surface area (Å²) in [5.41, 5.74) is 9.28. The lowest BCUT2D eigenvalue weighted by atomic mass is 10.1. The maximum atomic E-state index is 5.86. The highest BCUT2D eigenvalue weighted by molar-refractivity contribution is 5.83. The zero-order chi connectivity index (χ0) is 10.1. The first-order chi connectivity index (χ1) is 6.72. The molecule has 0 saturated carbocycles. The minimum Gasteiger partial charge on any atom is -0.357 e. The number of nitrogens with two attached hydrogens (primary N) is 1. The summed E-state index contributed by atoms with van der Waals surface area (Å²) in [7, 11) is 0. The molecule has 0 amide bonds. The van der Waals surface area contributed by atoms with Crippen LogP contribution >= 0.6 is 0 Å². The molecule has 0 aliphatic carbocycles. The van der Waals surface area contributed by atoms with E-state index in [0.717, 1.165) is 5.69 Å². The van der Waals surface area contributed by atoms with E-state index in [4.69, 9.17) is 5.73 Å². The molecule has 0 aliphatic heterocycles. The molecule has 2 aromatic rings. The van der Waals surface area contributed by atoms with E-state index in [0.29, 0.717) is 0 Å². The molecule has 72 valence electrons. The molecule has 0 aliphatic rings. The van der Waals surface area contributed by atoms with Crippen molar-refractivity contribution in [1.29, 1.82) is 0 Å². The number of aromatic amines is 1. The molecule has 0 fully saturated rings. The zero-order valence-electron chi connectivity index (χ0n) is 8.25. The van der Waals surface area contributed by atoms with Gasteiger partial charge in [-0.15, -0.1) is 6.58 Å². The van der Waals surface area contributed by atoms with Crippen LogP contribution in [-0.4, -0.2) is 4.98 Å². The van der Waals surface area contributed by atoms with Crippen LogP contribution < -0.4 is 5.73 Å². The normalized spacial score (nSPS) is 13.0. The third-order valence-corrected chi connectivity index (χ3v) is 2.50. The summed E-state index contributed by atoms with van der Waals surface area (Å²) in [5, 5.41) is 1.21. The van der Waals surface area contributed by atoms with Crippen LogP contribution in [0.2, 0.25) is 0 Å². The summed E-state index contributed by atoms with van der Waals surface area (Å²) in [6, 6.07) is 8.19. The first kappa shape index (κ1) is 9.03. The van der Waals surface area contributed by atoms with Gasteiger partial charge in [-0.2, -0.15) is 0 Å². The summed E-state index contributed by atoms with van der Waals surface area (Å²) < 4.78 is 0. The quantitative estimate of drug-likeness (QED) is 0.695. The van der Waals surface area contributed by atoms with Crippen LogP contribution in [0.15, 0.2) is 36.9 Å². The smallest absolute Gasteiger partial charge is 0.0631 e. The summed E-state index contributed by atoms with van der Waals surface area (Å²) in [4.78, 5) is 3.32. The zero-order valence-corrected chi connectivity index (χ0v) is 8.25. The molecule has 0 radical (unpaired) electrons. The maximum Gasteiger partial charge on any atom is 0.0631 e. The van der Waals surface area contributed by atoms with Crippen LogP contribution in [0, 0.1) is 6.92 Å². The van der Waals surface area contributed by atoms with Crippen LogP contribution in [-0.2, 0) is 0 Å². The number of benzene rings is 1. The van der Waals surface area contributed by atoms with E-state index in [1.807, 2.05) is 0 Å². The molecule has 0 bridgehead atoms. The number of nitrogens with one attached hydrogen (secondary N) is 1. The molecule has 1 aromatic heterocycles. The van der Waals surface area contributed by atoms with Gasteiger partial charge in [0.25, 0.3) is 0 Å². The molecular weight excluding hydrogens is 172 g/mol. The average molecular weight is 186 g/mol.